The van der Waals surface area contributed by atoms with E-state index in [4.69, 9.17) is 0 Å². The lowest BCUT2D eigenvalue weighted by Gasteiger charge is -2.32. The molecule has 1 heterocycles. The van der Waals surface area contributed by atoms with Crippen molar-refractivity contribution in [2.24, 2.45) is 35.5 Å². The molecule has 4 nitrogen and oxygen atoms in total. The normalized spacial score (nSPS) is 35.9. The van der Waals surface area contributed by atoms with Gasteiger partial charge in [-0.3, -0.25) is 9.59 Å². The molecule has 0 aromatic heterocycles. The number of likely N-dealkylation sites (tertiary alicyclic amines) is 1. The lowest BCUT2D eigenvalue weighted by atomic mass is 9.76. The molecule has 22 heavy (non-hydrogen) atoms. The predicted octanol–water partition coefficient (Wildman–Crippen LogP) is 3.02. The van der Waals surface area contributed by atoms with Gasteiger partial charge in [-0.25, -0.2) is 0 Å². The number of carbonyl (C=O) groups excluding carboxylic acids is 1. The van der Waals surface area contributed by atoms with Crippen LogP contribution in [-0.4, -0.2) is 35.0 Å². The SMILES string of the molecule is CC(C)C1CCC(C(=O)N2C[C@H](C(=O)O)[C@@H](C3CC3)C2)CC1. The molecule has 124 valence electrons. The number of nitrogens with zero attached hydrogens (tertiary/aromatic N) is 1. The van der Waals surface area contributed by atoms with E-state index in [1.807, 2.05) is 4.90 Å². The average molecular weight is 307 g/mol. The van der Waals surface area contributed by atoms with E-state index in [0.717, 1.165) is 44.4 Å². The fraction of sp³-hybridized carbons (Fsp3) is 0.889. The van der Waals surface area contributed by atoms with Gasteiger partial charge in [0.05, 0.1) is 5.92 Å². The van der Waals surface area contributed by atoms with Gasteiger partial charge >= 0.3 is 5.97 Å². The smallest absolute Gasteiger partial charge is 0.308 e. The molecule has 1 saturated heterocycles. The van der Waals surface area contributed by atoms with Gasteiger partial charge in [0.25, 0.3) is 0 Å². The van der Waals surface area contributed by atoms with Crippen molar-refractivity contribution in [3.05, 3.63) is 0 Å². The second kappa shape index (κ2) is 6.21. The summed E-state index contributed by atoms with van der Waals surface area (Å²) in [6, 6.07) is 0. The predicted molar refractivity (Wildman–Crippen MR) is 84.2 cm³/mol. The maximum absolute atomic E-state index is 12.8. The lowest BCUT2D eigenvalue weighted by Crippen LogP contribution is -2.37. The first-order valence-electron chi connectivity index (χ1n) is 8.99. The fourth-order valence-electron chi connectivity index (χ4n) is 4.56. The largest absolute Gasteiger partial charge is 0.481 e. The molecule has 2 aliphatic carbocycles. The monoisotopic (exact) mass is 307 g/mol. The Hall–Kier alpha value is -1.06. The second-order valence-corrected chi connectivity index (χ2v) is 8.04. The molecule has 4 heteroatoms. The van der Waals surface area contributed by atoms with Crippen LogP contribution in [0.25, 0.3) is 0 Å². The molecule has 3 aliphatic rings. The van der Waals surface area contributed by atoms with Crippen LogP contribution in [0.15, 0.2) is 0 Å². The number of carboxylic acid groups (broad SMARTS) is 1. The fourth-order valence-corrected chi connectivity index (χ4v) is 4.56. The Morgan fingerprint density at radius 3 is 2.14 bits per heavy atom. The lowest BCUT2D eigenvalue weighted by molar-refractivity contribution is -0.143. The zero-order chi connectivity index (χ0) is 15.9. The highest BCUT2D eigenvalue weighted by Crippen LogP contribution is 2.45. The van der Waals surface area contributed by atoms with Crippen molar-refractivity contribution in [2.75, 3.05) is 13.1 Å². The Morgan fingerprint density at radius 2 is 1.64 bits per heavy atom. The van der Waals surface area contributed by atoms with Crippen LogP contribution in [0.5, 0.6) is 0 Å². The molecule has 0 aromatic rings. The van der Waals surface area contributed by atoms with Crippen LogP contribution in [0, 0.1) is 35.5 Å². The van der Waals surface area contributed by atoms with Crippen molar-refractivity contribution >= 4 is 11.9 Å². The maximum Gasteiger partial charge on any atom is 0.308 e. The first-order valence-corrected chi connectivity index (χ1v) is 8.99. The van der Waals surface area contributed by atoms with Crippen molar-refractivity contribution in [3.8, 4) is 0 Å². The highest BCUT2D eigenvalue weighted by atomic mass is 16.4. The Bertz CT molecular complexity index is 436. The Morgan fingerprint density at radius 1 is 1.00 bits per heavy atom. The minimum absolute atomic E-state index is 0.141. The van der Waals surface area contributed by atoms with Gasteiger partial charge in [0, 0.05) is 19.0 Å². The van der Waals surface area contributed by atoms with E-state index in [0.29, 0.717) is 24.9 Å². The summed E-state index contributed by atoms with van der Waals surface area (Å²) in [6.45, 7) is 5.67. The zero-order valence-corrected chi connectivity index (χ0v) is 13.8. The summed E-state index contributed by atoms with van der Waals surface area (Å²) in [4.78, 5) is 26.1. The number of amides is 1. The first kappa shape index (κ1) is 15.8. The van der Waals surface area contributed by atoms with E-state index in [-0.39, 0.29) is 23.7 Å². The summed E-state index contributed by atoms with van der Waals surface area (Å²) >= 11 is 0. The van der Waals surface area contributed by atoms with Gasteiger partial charge < -0.3 is 10.0 Å². The number of aliphatic carboxylic acids is 1. The molecule has 2 saturated carbocycles. The van der Waals surface area contributed by atoms with Crippen LogP contribution >= 0.6 is 0 Å². The van der Waals surface area contributed by atoms with E-state index < -0.39 is 5.97 Å². The van der Waals surface area contributed by atoms with E-state index in [1.165, 1.54) is 0 Å². The van der Waals surface area contributed by atoms with Crippen molar-refractivity contribution in [1.29, 1.82) is 0 Å². The molecule has 3 rings (SSSR count). The highest BCUT2D eigenvalue weighted by Gasteiger charge is 2.47. The van der Waals surface area contributed by atoms with Crippen LogP contribution in [0.4, 0.5) is 0 Å². The summed E-state index contributed by atoms with van der Waals surface area (Å²) < 4.78 is 0. The number of hydrogen-bond donors (Lipinski definition) is 1. The van der Waals surface area contributed by atoms with Crippen LogP contribution in [0.3, 0.4) is 0 Å². The number of rotatable bonds is 4. The minimum atomic E-state index is -0.712. The summed E-state index contributed by atoms with van der Waals surface area (Å²) in [7, 11) is 0. The minimum Gasteiger partial charge on any atom is -0.481 e. The Labute approximate surface area is 133 Å². The van der Waals surface area contributed by atoms with Gasteiger partial charge in [-0.15, -0.1) is 0 Å². The summed E-state index contributed by atoms with van der Waals surface area (Å²) in [5.41, 5.74) is 0. The van der Waals surface area contributed by atoms with Gasteiger partial charge in [-0.05, 0) is 62.2 Å². The van der Waals surface area contributed by atoms with Crippen molar-refractivity contribution in [1.82, 2.24) is 4.90 Å². The van der Waals surface area contributed by atoms with E-state index in [1.54, 1.807) is 0 Å². The molecular weight excluding hydrogens is 278 g/mol. The molecule has 3 fully saturated rings. The van der Waals surface area contributed by atoms with Gasteiger partial charge in [0.15, 0.2) is 0 Å². The molecule has 0 spiro atoms. The third-order valence-corrected chi connectivity index (χ3v) is 6.29. The molecular formula is C18H29NO3. The third kappa shape index (κ3) is 3.16. The molecule has 2 atom stereocenters. The van der Waals surface area contributed by atoms with Crippen molar-refractivity contribution in [2.45, 2.75) is 52.4 Å². The van der Waals surface area contributed by atoms with Gasteiger partial charge in [0.2, 0.25) is 5.91 Å². The third-order valence-electron chi connectivity index (χ3n) is 6.29. The Kier molecular flexibility index (Phi) is 4.47. The van der Waals surface area contributed by atoms with Crippen LogP contribution in [0.2, 0.25) is 0 Å². The molecule has 1 amide bonds. The van der Waals surface area contributed by atoms with E-state index >= 15 is 0 Å². The summed E-state index contributed by atoms with van der Waals surface area (Å²) in [5.74, 6) is 1.55. The number of carbonyl (C=O) groups is 2. The summed E-state index contributed by atoms with van der Waals surface area (Å²) in [6.07, 6.45) is 6.58. The second-order valence-electron chi connectivity index (χ2n) is 8.04. The average Bonchev–Trinajstić information content (AvgIpc) is 3.25. The molecule has 1 aliphatic heterocycles. The molecule has 0 bridgehead atoms. The molecule has 0 unspecified atom stereocenters. The van der Waals surface area contributed by atoms with Crippen molar-refractivity contribution < 1.29 is 14.7 Å². The van der Waals surface area contributed by atoms with Crippen LogP contribution < -0.4 is 0 Å². The van der Waals surface area contributed by atoms with Crippen LogP contribution in [-0.2, 0) is 9.59 Å². The zero-order valence-electron chi connectivity index (χ0n) is 13.8. The van der Waals surface area contributed by atoms with E-state index in [9.17, 15) is 14.7 Å². The first-order chi connectivity index (χ1) is 10.5. The van der Waals surface area contributed by atoms with Crippen LogP contribution in [0.1, 0.15) is 52.4 Å². The highest BCUT2D eigenvalue weighted by molar-refractivity contribution is 5.81. The standard InChI is InChI=1S/C18H29NO3/c1-11(2)12-3-7-14(8-4-12)17(20)19-9-15(13-5-6-13)16(10-19)18(21)22/h11-16H,3-10H2,1-2H3,(H,21,22)/t12?,14?,15-,16+/m1/s1. The van der Waals surface area contributed by atoms with Crippen molar-refractivity contribution in [3.63, 3.8) is 0 Å². The van der Waals surface area contributed by atoms with Gasteiger partial charge in [-0.1, -0.05) is 13.8 Å². The number of hydrogen-bond acceptors (Lipinski definition) is 2. The summed E-state index contributed by atoms with van der Waals surface area (Å²) in [5, 5.41) is 9.43. The van der Waals surface area contributed by atoms with Gasteiger partial charge in [0.1, 0.15) is 0 Å². The Balaban J connectivity index is 1.58. The molecule has 1 N–H and O–H groups in total. The topological polar surface area (TPSA) is 57.6 Å². The quantitative estimate of drug-likeness (QED) is 0.868. The molecule has 0 radical (unpaired) electrons. The maximum atomic E-state index is 12.8. The van der Waals surface area contributed by atoms with E-state index in [2.05, 4.69) is 13.8 Å². The van der Waals surface area contributed by atoms with Gasteiger partial charge in [-0.2, -0.15) is 0 Å². The number of carboxylic acids is 1. The molecule has 0 aromatic carbocycles.